The van der Waals surface area contributed by atoms with Crippen LogP contribution in [0.4, 0.5) is 0 Å². The molecule has 1 fully saturated rings. The van der Waals surface area contributed by atoms with Crippen LogP contribution in [0.1, 0.15) is 18.4 Å². The molecule has 19 heavy (non-hydrogen) atoms. The van der Waals surface area contributed by atoms with Gasteiger partial charge in [-0.2, -0.15) is 0 Å². The summed E-state index contributed by atoms with van der Waals surface area (Å²) in [6.07, 6.45) is 2.53. The number of rotatable bonds is 3. The van der Waals surface area contributed by atoms with Crippen LogP contribution in [-0.4, -0.2) is 37.0 Å². The van der Waals surface area contributed by atoms with E-state index in [-0.39, 0.29) is 18.3 Å². The van der Waals surface area contributed by atoms with Crippen molar-refractivity contribution in [1.29, 1.82) is 0 Å². The second-order valence-electron chi connectivity index (χ2n) is 4.75. The van der Waals surface area contributed by atoms with Crippen LogP contribution in [0.2, 0.25) is 5.02 Å². The molecule has 1 amide bonds. The molecule has 1 aromatic carbocycles. The first-order valence-electron chi connectivity index (χ1n) is 6.38. The highest BCUT2D eigenvalue weighted by Crippen LogP contribution is 2.14. The molecule has 2 rings (SSSR count). The molecule has 0 bridgehead atoms. The topological polar surface area (TPSA) is 32.3 Å². The number of benzene rings is 1. The molecule has 1 aliphatic heterocycles. The average Bonchev–Trinajstić information content (AvgIpc) is 2.39. The summed E-state index contributed by atoms with van der Waals surface area (Å²) in [5.74, 6) is 0.201. The molecule has 1 N–H and O–H groups in total. The van der Waals surface area contributed by atoms with Crippen molar-refractivity contribution in [2.45, 2.75) is 25.3 Å². The van der Waals surface area contributed by atoms with Crippen LogP contribution in [-0.2, 0) is 11.2 Å². The largest absolute Gasteiger partial charge is 0.342 e. The highest BCUT2D eigenvalue weighted by atomic mass is 35.5. The molecule has 106 valence electrons. The van der Waals surface area contributed by atoms with E-state index >= 15 is 0 Å². The van der Waals surface area contributed by atoms with Gasteiger partial charge in [0.05, 0.1) is 6.42 Å². The Bertz CT molecular complexity index is 418. The fraction of sp³-hybridized carbons (Fsp3) is 0.500. The molecule has 0 atom stereocenters. The predicted molar refractivity (Wildman–Crippen MR) is 81.1 cm³/mol. The molecular weight excluding hydrogens is 283 g/mol. The Kier molecular flexibility index (Phi) is 6.63. The lowest BCUT2D eigenvalue weighted by Crippen LogP contribution is -2.44. The van der Waals surface area contributed by atoms with E-state index in [0.29, 0.717) is 17.5 Å². The first-order chi connectivity index (χ1) is 8.69. The predicted octanol–water partition coefficient (Wildman–Crippen LogP) is 2.51. The Morgan fingerprint density at radius 3 is 2.68 bits per heavy atom. The van der Waals surface area contributed by atoms with Crippen molar-refractivity contribution in [3.8, 4) is 0 Å². The van der Waals surface area contributed by atoms with E-state index in [9.17, 15) is 4.79 Å². The lowest BCUT2D eigenvalue weighted by Gasteiger charge is -2.31. The Balaban J connectivity index is 0.00000180. The summed E-state index contributed by atoms with van der Waals surface area (Å²) in [6.45, 7) is 1.70. The first kappa shape index (κ1) is 16.3. The molecule has 1 saturated heterocycles. The zero-order valence-corrected chi connectivity index (χ0v) is 12.6. The summed E-state index contributed by atoms with van der Waals surface area (Å²) in [5.41, 5.74) is 0.989. The van der Waals surface area contributed by atoms with Crippen molar-refractivity contribution in [2.75, 3.05) is 20.1 Å². The maximum atomic E-state index is 12.1. The summed E-state index contributed by atoms with van der Waals surface area (Å²) in [5, 5.41) is 3.95. The Labute approximate surface area is 125 Å². The lowest BCUT2D eigenvalue weighted by molar-refractivity contribution is -0.131. The maximum absolute atomic E-state index is 12.1. The van der Waals surface area contributed by atoms with Gasteiger partial charge in [0.25, 0.3) is 0 Å². The fourth-order valence-electron chi connectivity index (χ4n) is 2.35. The second-order valence-corrected chi connectivity index (χ2v) is 5.19. The van der Waals surface area contributed by atoms with Gasteiger partial charge in [0.15, 0.2) is 0 Å². The molecular formula is C14H20Cl2N2O. The monoisotopic (exact) mass is 302 g/mol. The number of halogens is 2. The molecule has 0 spiro atoms. The third-order valence-electron chi connectivity index (χ3n) is 3.50. The number of likely N-dealkylation sites (tertiary alicyclic amines) is 1. The molecule has 5 heteroatoms. The van der Waals surface area contributed by atoms with Crippen LogP contribution in [0.3, 0.4) is 0 Å². The van der Waals surface area contributed by atoms with Gasteiger partial charge in [-0.15, -0.1) is 12.4 Å². The van der Waals surface area contributed by atoms with Crippen LogP contribution in [0.5, 0.6) is 0 Å². The van der Waals surface area contributed by atoms with Gasteiger partial charge in [0.1, 0.15) is 0 Å². The highest BCUT2D eigenvalue weighted by Gasteiger charge is 2.21. The van der Waals surface area contributed by atoms with E-state index in [1.807, 2.05) is 36.2 Å². The van der Waals surface area contributed by atoms with Crippen LogP contribution >= 0.6 is 24.0 Å². The van der Waals surface area contributed by atoms with Gasteiger partial charge < -0.3 is 10.2 Å². The van der Waals surface area contributed by atoms with Gasteiger partial charge >= 0.3 is 0 Å². The molecule has 0 aliphatic carbocycles. The molecule has 1 heterocycles. The Hall–Kier alpha value is -0.770. The van der Waals surface area contributed by atoms with Crippen molar-refractivity contribution in [3.63, 3.8) is 0 Å². The SMILES string of the molecule is CNC1CCN(C(=O)Cc2cccc(Cl)c2)CC1.Cl. The summed E-state index contributed by atoms with van der Waals surface area (Å²) in [7, 11) is 1.98. The number of nitrogens with one attached hydrogen (secondary N) is 1. The number of carbonyl (C=O) groups is 1. The van der Waals surface area contributed by atoms with Crippen LogP contribution in [0.25, 0.3) is 0 Å². The number of amides is 1. The summed E-state index contributed by atoms with van der Waals surface area (Å²) >= 11 is 5.92. The third kappa shape index (κ3) is 4.68. The average molecular weight is 303 g/mol. The molecule has 1 aromatic rings. The van der Waals surface area contributed by atoms with Crippen molar-refractivity contribution in [2.24, 2.45) is 0 Å². The first-order valence-corrected chi connectivity index (χ1v) is 6.76. The quantitative estimate of drug-likeness (QED) is 0.930. The molecule has 0 radical (unpaired) electrons. The van der Waals surface area contributed by atoms with Crippen LogP contribution < -0.4 is 5.32 Å². The number of hydrogen-bond acceptors (Lipinski definition) is 2. The zero-order valence-electron chi connectivity index (χ0n) is 11.1. The fourth-order valence-corrected chi connectivity index (χ4v) is 2.56. The Morgan fingerprint density at radius 2 is 2.11 bits per heavy atom. The van der Waals surface area contributed by atoms with Gasteiger partial charge in [-0.1, -0.05) is 23.7 Å². The molecule has 0 saturated carbocycles. The van der Waals surface area contributed by atoms with E-state index in [4.69, 9.17) is 11.6 Å². The highest BCUT2D eigenvalue weighted by molar-refractivity contribution is 6.30. The van der Waals surface area contributed by atoms with Gasteiger partial charge in [0, 0.05) is 24.2 Å². The van der Waals surface area contributed by atoms with Gasteiger partial charge in [-0.25, -0.2) is 0 Å². The summed E-state index contributed by atoms with van der Waals surface area (Å²) in [6, 6.07) is 8.08. The van der Waals surface area contributed by atoms with Crippen molar-refractivity contribution < 1.29 is 4.79 Å². The van der Waals surface area contributed by atoms with Gasteiger partial charge in [-0.05, 0) is 37.6 Å². The summed E-state index contributed by atoms with van der Waals surface area (Å²) in [4.78, 5) is 14.1. The molecule has 0 unspecified atom stereocenters. The molecule has 1 aliphatic rings. The molecule has 0 aromatic heterocycles. The smallest absolute Gasteiger partial charge is 0.226 e. The van der Waals surface area contributed by atoms with Crippen molar-refractivity contribution in [1.82, 2.24) is 10.2 Å². The number of nitrogens with zero attached hydrogens (tertiary/aromatic N) is 1. The van der Waals surface area contributed by atoms with E-state index in [0.717, 1.165) is 31.5 Å². The van der Waals surface area contributed by atoms with Gasteiger partial charge in [0.2, 0.25) is 5.91 Å². The van der Waals surface area contributed by atoms with E-state index in [2.05, 4.69) is 5.32 Å². The van der Waals surface area contributed by atoms with E-state index in [1.165, 1.54) is 0 Å². The number of hydrogen-bond donors (Lipinski definition) is 1. The normalized spacial score (nSPS) is 16.0. The van der Waals surface area contributed by atoms with Crippen LogP contribution in [0.15, 0.2) is 24.3 Å². The minimum absolute atomic E-state index is 0. The number of piperidine rings is 1. The number of carbonyl (C=O) groups excluding carboxylic acids is 1. The minimum atomic E-state index is 0. The Morgan fingerprint density at radius 1 is 1.42 bits per heavy atom. The van der Waals surface area contributed by atoms with E-state index in [1.54, 1.807) is 0 Å². The second kappa shape index (κ2) is 7.73. The zero-order chi connectivity index (χ0) is 13.0. The van der Waals surface area contributed by atoms with Crippen LogP contribution in [0, 0.1) is 0 Å². The maximum Gasteiger partial charge on any atom is 0.226 e. The van der Waals surface area contributed by atoms with Crippen molar-refractivity contribution in [3.05, 3.63) is 34.9 Å². The van der Waals surface area contributed by atoms with E-state index < -0.39 is 0 Å². The minimum Gasteiger partial charge on any atom is -0.342 e. The van der Waals surface area contributed by atoms with Gasteiger partial charge in [-0.3, -0.25) is 4.79 Å². The standard InChI is InChI=1S/C14H19ClN2O.ClH/c1-16-13-5-7-17(8-6-13)14(18)10-11-3-2-4-12(15)9-11;/h2-4,9,13,16H,5-8,10H2,1H3;1H. The van der Waals surface area contributed by atoms with Crippen molar-refractivity contribution >= 4 is 29.9 Å². The molecule has 3 nitrogen and oxygen atoms in total. The third-order valence-corrected chi connectivity index (χ3v) is 3.74. The summed E-state index contributed by atoms with van der Waals surface area (Å²) < 4.78 is 0. The lowest BCUT2D eigenvalue weighted by atomic mass is 10.0.